The third-order valence-corrected chi connectivity index (χ3v) is 5.41. The number of benzene rings is 1. The third-order valence-electron chi connectivity index (χ3n) is 5.20. The highest BCUT2D eigenvalue weighted by Crippen LogP contribution is 2.34. The van der Waals surface area contributed by atoms with E-state index in [1.807, 2.05) is 0 Å². The number of aromatic nitrogens is 3. The average molecular weight is 489 g/mol. The second kappa shape index (κ2) is 8.36. The molecule has 4 rings (SSSR count). The first kappa shape index (κ1) is 23.1. The summed E-state index contributed by atoms with van der Waals surface area (Å²) >= 11 is 5.76. The molecule has 1 amide bonds. The maximum Gasteiger partial charge on any atom is 0.433 e. The SMILES string of the molecule is O=C(N[C@@H]1CCCc2nn(-c3ccnc(C(F)(F)F)c3)cc21)c1cc(Cl)cc(C(F)(F)F)c1. The van der Waals surface area contributed by atoms with Gasteiger partial charge in [-0.05, 0) is 49.6 Å². The summed E-state index contributed by atoms with van der Waals surface area (Å²) in [6.45, 7) is 0. The number of alkyl halides is 6. The van der Waals surface area contributed by atoms with Crippen molar-refractivity contribution in [2.45, 2.75) is 37.7 Å². The fraction of sp³-hybridized carbons (Fsp3) is 0.286. The molecule has 0 fully saturated rings. The zero-order valence-corrected chi connectivity index (χ0v) is 17.4. The van der Waals surface area contributed by atoms with E-state index >= 15 is 0 Å². The number of rotatable bonds is 3. The van der Waals surface area contributed by atoms with Crippen LogP contribution >= 0.6 is 11.6 Å². The largest absolute Gasteiger partial charge is 0.433 e. The Labute approximate surface area is 188 Å². The van der Waals surface area contributed by atoms with Gasteiger partial charge in [-0.1, -0.05) is 11.6 Å². The van der Waals surface area contributed by atoms with E-state index < -0.39 is 35.6 Å². The highest BCUT2D eigenvalue weighted by Gasteiger charge is 2.34. The average Bonchev–Trinajstić information content (AvgIpc) is 3.17. The van der Waals surface area contributed by atoms with Gasteiger partial charge in [-0.3, -0.25) is 9.78 Å². The molecule has 174 valence electrons. The number of carbonyl (C=O) groups excluding carboxylic acids is 1. The van der Waals surface area contributed by atoms with Crippen LogP contribution in [-0.2, 0) is 18.8 Å². The lowest BCUT2D eigenvalue weighted by molar-refractivity contribution is -0.141. The third kappa shape index (κ3) is 4.97. The van der Waals surface area contributed by atoms with Crippen LogP contribution in [0.3, 0.4) is 0 Å². The summed E-state index contributed by atoms with van der Waals surface area (Å²) in [5.41, 5.74) is -1.06. The lowest BCUT2D eigenvalue weighted by Gasteiger charge is -2.23. The molecule has 1 atom stereocenters. The van der Waals surface area contributed by atoms with Crippen LogP contribution in [0.1, 0.15) is 51.8 Å². The van der Waals surface area contributed by atoms with Crippen molar-refractivity contribution >= 4 is 17.5 Å². The molecule has 0 spiro atoms. The zero-order valence-electron chi connectivity index (χ0n) is 16.6. The molecular weight excluding hydrogens is 474 g/mol. The molecule has 0 aliphatic heterocycles. The Kier molecular flexibility index (Phi) is 5.85. The van der Waals surface area contributed by atoms with Crippen molar-refractivity contribution in [3.63, 3.8) is 0 Å². The van der Waals surface area contributed by atoms with Crippen molar-refractivity contribution < 1.29 is 31.1 Å². The summed E-state index contributed by atoms with van der Waals surface area (Å²) in [6, 6.07) is 4.22. The topological polar surface area (TPSA) is 59.8 Å². The smallest absolute Gasteiger partial charge is 0.345 e. The van der Waals surface area contributed by atoms with Gasteiger partial charge in [0.2, 0.25) is 0 Å². The Morgan fingerprint density at radius 1 is 1.09 bits per heavy atom. The van der Waals surface area contributed by atoms with E-state index in [9.17, 15) is 31.1 Å². The van der Waals surface area contributed by atoms with Crippen LogP contribution in [0, 0.1) is 0 Å². The maximum atomic E-state index is 13.1. The van der Waals surface area contributed by atoms with Crippen LogP contribution in [0.15, 0.2) is 42.7 Å². The Bertz CT molecular complexity index is 1200. The molecule has 0 saturated carbocycles. The second-order valence-electron chi connectivity index (χ2n) is 7.52. The van der Waals surface area contributed by atoms with Crippen molar-refractivity contribution in [2.75, 3.05) is 0 Å². The van der Waals surface area contributed by atoms with Gasteiger partial charge in [0, 0.05) is 28.5 Å². The maximum absolute atomic E-state index is 13.1. The van der Waals surface area contributed by atoms with Gasteiger partial charge in [0.25, 0.3) is 5.91 Å². The van der Waals surface area contributed by atoms with Gasteiger partial charge in [-0.2, -0.15) is 31.4 Å². The Balaban J connectivity index is 1.61. The molecule has 0 saturated heterocycles. The van der Waals surface area contributed by atoms with Crippen LogP contribution in [0.25, 0.3) is 5.69 Å². The minimum atomic E-state index is -4.67. The van der Waals surface area contributed by atoms with Gasteiger partial charge in [0.05, 0.1) is 23.0 Å². The van der Waals surface area contributed by atoms with Gasteiger partial charge >= 0.3 is 12.4 Å². The molecule has 5 nitrogen and oxygen atoms in total. The first-order valence-corrected chi connectivity index (χ1v) is 10.1. The summed E-state index contributed by atoms with van der Waals surface area (Å²) in [5.74, 6) is -0.753. The number of hydrogen-bond donors (Lipinski definition) is 1. The van der Waals surface area contributed by atoms with Crippen LogP contribution in [0.5, 0.6) is 0 Å². The number of carbonyl (C=O) groups is 1. The number of aryl methyl sites for hydroxylation is 1. The Morgan fingerprint density at radius 2 is 1.85 bits per heavy atom. The molecule has 33 heavy (non-hydrogen) atoms. The molecule has 0 unspecified atom stereocenters. The summed E-state index contributed by atoms with van der Waals surface area (Å²) in [4.78, 5) is 16.0. The fourth-order valence-electron chi connectivity index (χ4n) is 3.66. The standard InChI is InChI=1S/C21H15ClF6N4O/c22-13-7-11(6-12(8-13)20(23,24)25)19(33)30-16-2-1-3-17-15(16)10-32(31-17)14-4-5-29-18(9-14)21(26,27)28/h4-10,16H,1-3H2,(H,30,33)/t16-/m1/s1. The van der Waals surface area contributed by atoms with Gasteiger partial charge in [-0.25, -0.2) is 4.68 Å². The number of nitrogens with one attached hydrogen (secondary N) is 1. The Morgan fingerprint density at radius 3 is 2.55 bits per heavy atom. The lowest BCUT2D eigenvalue weighted by Crippen LogP contribution is -2.30. The summed E-state index contributed by atoms with van der Waals surface area (Å²) in [6.07, 6.45) is -5.10. The van der Waals surface area contributed by atoms with Crippen LogP contribution in [0.2, 0.25) is 5.02 Å². The predicted molar refractivity (Wildman–Crippen MR) is 106 cm³/mol. The van der Waals surface area contributed by atoms with E-state index in [2.05, 4.69) is 15.4 Å². The van der Waals surface area contributed by atoms with Crippen molar-refractivity contribution in [1.82, 2.24) is 20.1 Å². The lowest BCUT2D eigenvalue weighted by atomic mass is 9.93. The van der Waals surface area contributed by atoms with Crippen molar-refractivity contribution in [3.8, 4) is 5.69 Å². The predicted octanol–water partition coefficient (Wildman–Crippen LogP) is 5.77. The zero-order chi connectivity index (χ0) is 24.0. The summed E-state index contributed by atoms with van der Waals surface area (Å²) in [5, 5.41) is 6.79. The molecule has 12 heteroatoms. The van der Waals surface area contributed by atoms with Crippen molar-refractivity contribution in [2.24, 2.45) is 0 Å². The Hall–Kier alpha value is -3.08. The molecular formula is C21H15ClF6N4O. The molecule has 0 radical (unpaired) electrons. The minimum absolute atomic E-state index is 0.140. The van der Waals surface area contributed by atoms with Gasteiger partial charge in [0.15, 0.2) is 0 Å². The van der Waals surface area contributed by atoms with Crippen molar-refractivity contribution in [3.05, 3.63) is 75.8 Å². The normalized spacial score (nSPS) is 16.4. The number of hydrogen-bond acceptors (Lipinski definition) is 3. The molecule has 1 aliphatic carbocycles. The summed E-state index contributed by atoms with van der Waals surface area (Å²) in [7, 11) is 0. The molecule has 3 aromatic rings. The quantitative estimate of drug-likeness (QED) is 0.476. The first-order valence-electron chi connectivity index (χ1n) is 9.72. The molecule has 0 bridgehead atoms. The van der Waals surface area contributed by atoms with Crippen LogP contribution < -0.4 is 5.32 Å². The van der Waals surface area contributed by atoms with E-state index in [4.69, 9.17) is 11.6 Å². The highest BCUT2D eigenvalue weighted by molar-refractivity contribution is 6.31. The van der Waals surface area contributed by atoms with Crippen molar-refractivity contribution in [1.29, 1.82) is 0 Å². The molecule has 1 aliphatic rings. The van der Waals surface area contributed by atoms with Crippen LogP contribution in [-0.4, -0.2) is 20.7 Å². The number of fused-ring (bicyclic) bond motifs is 1. The number of nitrogens with zero attached hydrogens (tertiary/aromatic N) is 3. The monoisotopic (exact) mass is 488 g/mol. The van der Waals surface area contributed by atoms with Gasteiger partial charge in [0.1, 0.15) is 5.69 Å². The molecule has 2 aromatic heterocycles. The van der Waals surface area contributed by atoms with E-state index in [0.717, 1.165) is 24.4 Å². The molecule has 1 aromatic carbocycles. The summed E-state index contributed by atoms with van der Waals surface area (Å²) < 4.78 is 79.4. The van der Waals surface area contributed by atoms with Gasteiger partial charge < -0.3 is 5.32 Å². The van der Waals surface area contributed by atoms with Crippen LogP contribution in [0.4, 0.5) is 26.3 Å². The van der Waals surface area contributed by atoms with E-state index in [1.54, 1.807) is 0 Å². The van der Waals surface area contributed by atoms with E-state index in [-0.39, 0.29) is 16.3 Å². The first-order chi connectivity index (χ1) is 15.4. The molecule has 2 heterocycles. The minimum Gasteiger partial charge on any atom is -0.345 e. The number of pyridine rings is 1. The van der Waals surface area contributed by atoms with Gasteiger partial charge in [-0.15, -0.1) is 0 Å². The highest BCUT2D eigenvalue weighted by atomic mass is 35.5. The number of halogens is 7. The fourth-order valence-corrected chi connectivity index (χ4v) is 3.90. The molecule has 1 N–H and O–H groups in total. The number of amides is 1. The van der Waals surface area contributed by atoms with E-state index in [1.165, 1.54) is 16.9 Å². The van der Waals surface area contributed by atoms with E-state index in [0.29, 0.717) is 36.6 Å². The second-order valence-corrected chi connectivity index (χ2v) is 7.95.